The molecular formula is C23H21NO. The summed E-state index contributed by atoms with van der Waals surface area (Å²) in [5.74, 6) is 0.497. The highest BCUT2D eigenvalue weighted by molar-refractivity contribution is 5.99. The lowest BCUT2D eigenvalue weighted by Gasteiger charge is -2.29. The van der Waals surface area contributed by atoms with Gasteiger partial charge in [-0.1, -0.05) is 62.4 Å². The minimum absolute atomic E-state index is 0.0268. The number of carbonyl (C=O) groups excluding carboxylic acids is 1. The number of hydrogen-bond acceptors (Lipinski definition) is 1. The number of para-hydroxylation sites is 1. The van der Waals surface area contributed by atoms with Crippen molar-refractivity contribution in [3.63, 3.8) is 0 Å². The topological polar surface area (TPSA) is 22.0 Å². The average Bonchev–Trinajstić information content (AvgIpc) is 3.10. The van der Waals surface area contributed by atoms with E-state index in [4.69, 9.17) is 0 Å². The molecule has 0 N–H and O–H groups in total. The smallest absolute Gasteiger partial charge is 0.165 e. The summed E-state index contributed by atoms with van der Waals surface area (Å²) in [4.78, 5) is 12.7. The number of fused-ring (bicyclic) bond motifs is 5. The number of rotatable bonds is 1. The molecule has 1 aliphatic heterocycles. The van der Waals surface area contributed by atoms with Gasteiger partial charge in [0.2, 0.25) is 0 Å². The van der Waals surface area contributed by atoms with Crippen LogP contribution in [-0.2, 0) is 6.42 Å². The maximum atomic E-state index is 12.7. The second-order valence-corrected chi connectivity index (χ2v) is 8.11. The second-order valence-electron chi connectivity index (χ2n) is 8.11. The van der Waals surface area contributed by atoms with Crippen molar-refractivity contribution >= 4 is 5.78 Å². The molecule has 0 saturated heterocycles. The van der Waals surface area contributed by atoms with Gasteiger partial charge in [0.1, 0.15) is 0 Å². The Morgan fingerprint density at radius 1 is 0.960 bits per heavy atom. The van der Waals surface area contributed by atoms with E-state index in [0.717, 1.165) is 12.0 Å². The van der Waals surface area contributed by atoms with Gasteiger partial charge < -0.3 is 4.57 Å². The van der Waals surface area contributed by atoms with Gasteiger partial charge in [-0.3, -0.25) is 4.79 Å². The maximum Gasteiger partial charge on any atom is 0.165 e. The zero-order valence-electron chi connectivity index (χ0n) is 14.6. The Bertz CT molecular complexity index is 994. The molecule has 0 radical (unpaired) electrons. The van der Waals surface area contributed by atoms with Crippen LogP contribution in [0, 0.1) is 5.41 Å². The summed E-state index contributed by atoms with van der Waals surface area (Å²) in [6.07, 6.45) is 1.59. The fourth-order valence-electron chi connectivity index (χ4n) is 4.62. The first-order valence-corrected chi connectivity index (χ1v) is 8.97. The molecule has 1 atom stereocenters. The van der Waals surface area contributed by atoms with Gasteiger partial charge >= 0.3 is 0 Å². The van der Waals surface area contributed by atoms with E-state index < -0.39 is 0 Å². The molecule has 0 saturated carbocycles. The highest BCUT2D eigenvalue weighted by Crippen LogP contribution is 2.47. The second kappa shape index (κ2) is 4.95. The van der Waals surface area contributed by atoms with Gasteiger partial charge in [-0.15, -0.1) is 0 Å². The zero-order chi connectivity index (χ0) is 17.2. The number of nitrogens with zero attached hydrogens (tertiary/aromatic N) is 1. The van der Waals surface area contributed by atoms with Crippen LogP contribution in [0.5, 0.6) is 0 Å². The minimum atomic E-state index is 0.0268. The summed E-state index contributed by atoms with van der Waals surface area (Å²) in [5, 5.41) is 0. The summed E-state index contributed by atoms with van der Waals surface area (Å²) < 4.78 is 2.36. The molecule has 25 heavy (non-hydrogen) atoms. The van der Waals surface area contributed by atoms with Crippen molar-refractivity contribution in [1.82, 2.24) is 4.57 Å². The van der Waals surface area contributed by atoms with Crippen LogP contribution in [0.25, 0.3) is 5.69 Å². The van der Waals surface area contributed by atoms with Crippen LogP contribution >= 0.6 is 0 Å². The molecule has 5 rings (SSSR count). The average molecular weight is 327 g/mol. The molecule has 0 amide bonds. The van der Waals surface area contributed by atoms with Crippen LogP contribution in [0.3, 0.4) is 0 Å². The Hall–Kier alpha value is -2.61. The van der Waals surface area contributed by atoms with Crippen LogP contribution in [0.1, 0.15) is 59.1 Å². The van der Waals surface area contributed by atoms with Crippen molar-refractivity contribution in [1.29, 1.82) is 0 Å². The third kappa shape index (κ3) is 2.07. The first-order chi connectivity index (χ1) is 12.1. The highest BCUT2D eigenvalue weighted by atomic mass is 16.1. The van der Waals surface area contributed by atoms with Crippen molar-refractivity contribution in [2.24, 2.45) is 5.41 Å². The molecule has 0 bridgehead atoms. The number of ketones is 1. The first-order valence-electron chi connectivity index (χ1n) is 8.97. The molecule has 2 heterocycles. The quantitative estimate of drug-likeness (QED) is 0.475. The molecule has 1 unspecified atom stereocenters. The van der Waals surface area contributed by atoms with E-state index >= 15 is 0 Å². The Morgan fingerprint density at radius 2 is 1.68 bits per heavy atom. The third-order valence-electron chi connectivity index (χ3n) is 5.63. The molecule has 124 valence electrons. The van der Waals surface area contributed by atoms with Gasteiger partial charge in [-0.2, -0.15) is 0 Å². The van der Waals surface area contributed by atoms with Crippen LogP contribution in [0.4, 0.5) is 0 Å². The van der Waals surface area contributed by atoms with Gasteiger partial charge in [0.15, 0.2) is 5.78 Å². The van der Waals surface area contributed by atoms with Gasteiger partial charge in [0.25, 0.3) is 0 Å². The Kier molecular flexibility index (Phi) is 2.91. The van der Waals surface area contributed by atoms with E-state index in [2.05, 4.69) is 79.1 Å². The molecule has 1 aromatic heterocycles. The minimum Gasteiger partial charge on any atom is -0.316 e. The lowest BCUT2D eigenvalue weighted by molar-refractivity contribution is 0.0911. The summed E-state index contributed by atoms with van der Waals surface area (Å²) in [5.41, 5.74) is 7.25. The van der Waals surface area contributed by atoms with Crippen molar-refractivity contribution in [3.05, 3.63) is 88.7 Å². The Morgan fingerprint density at radius 3 is 2.48 bits per heavy atom. The molecular weight excluding hydrogens is 306 g/mol. The van der Waals surface area contributed by atoms with E-state index in [-0.39, 0.29) is 17.1 Å². The maximum absolute atomic E-state index is 12.7. The van der Waals surface area contributed by atoms with E-state index in [9.17, 15) is 4.79 Å². The zero-order valence-corrected chi connectivity index (χ0v) is 14.6. The molecule has 2 aromatic carbocycles. The predicted octanol–water partition coefficient (Wildman–Crippen LogP) is 5.13. The molecule has 2 heteroatoms. The fraction of sp³-hybridized carbons (Fsp3) is 0.261. The van der Waals surface area contributed by atoms with Crippen LogP contribution in [-0.4, -0.2) is 10.4 Å². The normalized spacial score (nSPS) is 20.1. The SMILES string of the molecule is CC1(C)CC(=O)c2cc3n(c2C1)-c1ccccc1C3c1ccccc1. The Labute approximate surface area is 148 Å². The van der Waals surface area contributed by atoms with Gasteiger partial charge in [0, 0.05) is 29.1 Å². The van der Waals surface area contributed by atoms with Crippen molar-refractivity contribution in [2.75, 3.05) is 0 Å². The van der Waals surface area contributed by atoms with Crippen LogP contribution in [0.2, 0.25) is 0 Å². The third-order valence-corrected chi connectivity index (χ3v) is 5.63. The van der Waals surface area contributed by atoms with Crippen molar-refractivity contribution < 1.29 is 4.79 Å². The summed E-state index contributed by atoms with van der Waals surface area (Å²) in [6, 6.07) is 21.4. The number of aromatic nitrogens is 1. The number of Topliss-reactive ketones (excluding diaryl/α,β-unsaturated/α-hetero) is 1. The van der Waals surface area contributed by atoms with E-state index in [1.807, 2.05) is 0 Å². The molecule has 0 fully saturated rings. The van der Waals surface area contributed by atoms with E-state index in [0.29, 0.717) is 6.42 Å². The predicted molar refractivity (Wildman–Crippen MR) is 99.6 cm³/mol. The van der Waals surface area contributed by atoms with Gasteiger partial charge in [-0.05, 0) is 35.1 Å². The molecule has 2 aliphatic rings. The molecule has 3 aromatic rings. The Balaban J connectivity index is 1.80. The monoisotopic (exact) mass is 327 g/mol. The summed E-state index contributed by atoms with van der Waals surface area (Å²) in [6.45, 7) is 4.40. The van der Waals surface area contributed by atoms with Crippen LogP contribution < -0.4 is 0 Å². The standard InChI is InChI=1S/C23H21NO/c1-23(2)13-20-17(21(25)14-23)12-19-22(15-8-4-3-5-9-15)16-10-6-7-11-18(16)24(19)20/h3-12,22H,13-14H2,1-2H3. The van der Waals surface area contributed by atoms with Crippen molar-refractivity contribution in [2.45, 2.75) is 32.6 Å². The first kappa shape index (κ1) is 14.7. The van der Waals surface area contributed by atoms with E-state index in [1.54, 1.807) is 0 Å². The highest BCUT2D eigenvalue weighted by Gasteiger charge is 2.39. The van der Waals surface area contributed by atoms with E-state index in [1.165, 1.54) is 28.2 Å². The molecule has 0 spiro atoms. The van der Waals surface area contributed by atoms with Crippen molar-refractivity contribution in [3.8, 4) is 5.69 Å². The number of carbonyl (C=O) groups is 1. The largest absolute Gasteiger partial charge is 0.316 e. The molecule has 2 nitrogen and oxygen atoms in total. The molecule has 1 aliphatic carbocycles. The fourth-order valence-corrected chi connectivity index (χ4v) is 4.62. The van der Waals surface area contributed by atoms with Gasteiger partial charge in [-0.25, -0.2) is 0 Å². The number of hydrogen-bond donors (Lipinski definition) is 0. The van der Waals surface area contributed by atoms with Gasteiger partial charge in [0.05, 0.1) is 5.92 Å². The number of benzene rings is 2. The summed E-state index contributed by atoms with van der Waals surface area (Å²) >= 11 is 0. The van der Waals surface area contributed by atoms with Crippen LogP contribution in [0.15, 0.2) is 60.7 Å². The lowest BCUT2D eigenvalue weighted by Crippen LogP contribution is -2.27. The lowest BCUT2D eigenvalue weighted by atomic mass is 9.76. The summed E-state index contributed by atoms with van der Waals surface area (Å²) in [7, 11) is 0.